The number of benzene rings is 2. The van der Waals surface area contributed by atoms with Crippen molar-refractivity contribution in [2.24, 2.45) is 5.92 Å². The topological polar surface area (TPSA) is 42.3 Å². The Kier molecular flexibility index (Phi) is 8.26. The van der Waals surface area contributed by atoms with Crippen LogP contribution in [0.1, 0.15) is 56.4 Å². The monoisotopic (exact) mass is 391 g/mol. The largest absolute Gasteiger partial charge is 0.365 e. The van der Waals surface area contributed by atoms with Crippen molar-refractivity contribution >= 4 is 17.8 Å². The summed E-state index contributed by atoms with van der Waals surface area (Å²) in [7, 11) is 0. The second kappa shape index (κ2) is 10.4. The van der Waals surface area contributed by atoms with E-state index in [0.717, 1.165) is 29.5 Å². The maximum Gasteiger partial charge on any atom is 0.171 e. The van der Waals surface area contributed by atoms with E-state index in [4.69, 9.17) is 21.7 Å². The zero-order chi connectivity index (χ0) is 19.8. The van der Waals surface area contributed by atoms with Gasteiger partial charge in [0.2, 0.25) is 0 Å². The molecule has 1 saturated heterocycles. The highest BCUT2D eigenvalue weighted by atomic mass is 35.5. The van der Waals surface area contributed by atoms with Crippen LogP contribution in [0.3, 0.4) is 0 Å². The molecule has 1 heterocycles. The van der Waals surface area contributed by atoms with Crippen molar-refractivity contribution < 1.29 is 14.2 Å². The molecule has 1 aliphatic heterocycles. The van der Waals surface area contributed by atoms with Gasteiger partial charge in [-0.15, -0.1) is 0 Å². The molecule has 0 amide bonds. The molecule has 0 bridgehead atoms. The standard InChI is InChI=1S/C20H21ClFNO2.C2H6/c1-13-8-18(12-23)24-20(9-13)15-4-7-19(21)16(11-15)10-14-2-5-17(25-22)6-3-14;1-2/h2-7,11-13,18,20,23H,8-10H2,1H3;1-2H3. The van der Waals surface area contributed by atoms with Gasteiger partial charge in [-0.1, -0.05) is 56.6 Å². The molecule has 27 heavy (non-hydrogen) atoms. The molecule has 0 aliphatic carbocycles. The maximum absolute atomic E-state index is 12.1. The molecule has 1 fully saturated rings. The zero-order valence-electron chi connectivity index (χ0n) is 16.0. The third-order valence-electron chi connectivity index (χ3n) is 4.62. The Bertz CT molecular complexity index is 736. The molecular formula is C22H27ClFNO2. The molecule has 1 aliphatic rings. The van der Waals surface area contributed by atoms with Crippen molar-refractivity contribution in [1.29, 1.82) is 5.41 Å². The summed E-state index contributed by atoms with van der Waals surface area (Å²) in [5.74, 6) is 0.698. The number of hydrogen-bond acceptors (Lipinski definition) is 3. The van der Waals surface area contributed by atoms with Gasteiger partial charge >= 0.3 is 0 Å². The van der Waals surface area contributed by atoms with Crippen molar-refractivity contribution in [2.45, 2.75) is 52.2 Å². The van der Waals surface area contributed by atoms with Crippen LogP contribution in [0, 0.1) is 11.3 Å². The Morgan fingerprint density at radius 1 is 1.19 bits per heavy atom. The summed E-state index contributed by atoms with van der Waals surface area (Å²) in [6.07, 6.45) is 3.72. The first kappa shape index (κ1) is 21.4. The minimum atomic E-state index is -0.124. The first-order chi connectivity index (χ1) is 13.1. The number of halogens is 2. The van der Waals surface area contributed by atoms with E-state index in [1.165, 1.54) is 6.21 Å². The van der Waals surface area contributed by atoms with Crippen LogP contribution in [0.15, 0.2) is 42.5 Å². The highest BCUT2D eigenvalue weighted by Gasteiger charge is 2.27. The van der Waals surface area contributed by atoms with Crippen LogP contribution in [0.2, 0.25) is 5.02 Å². The molecule has 0 radical (unpaired) electrons. The summed E-state index contributed by atoms with van der Waals surface area (Å²) in [5, 5.41) is 8.19. The van der Waals surface area contributed by atoms with Crippen molar-refractivity contribution in [1.82, 2.24) is 0 Å². The maximum atomic E-state index is 12.1. The Morgan fingerprint density at radius 2 is 1.89 bits per heavy atom. The molecule has 3 unspecified atom stereocenters. The van der Waals surface area contributed by atoms with Crippen molar-refractivity contribution in [3.8, 4) is 5.75 Å². The minimum Gasteiger partial charge on any atom is -0.365 e. The Labute approximate surface area is 165 Å². The molecule has 2 aromatic carbocycles. The van der Waals surface area contributed by atoms with Crippen LogP contribution < -0.4 is 4.94 Å². The number of rotatable bonds is 5. The molecule has 0 aromatic heterocycles. The van der Waals surface area contributed by atoms with Crippen LogP contribution in [-0.2, 0) is 11.2 Å². The highest BCUT2D eigenvalue weighted by Crippen LogP contribution is 2.35. The van der Waals surface area contributed by atoms with E-state index in [1.54, 1.807) is 12.1 Å². The van der Waals surface area contributed by atoms with E-state index in [9.17, 15) is 4.53 Å². The van der Waals surface area contributed by atoms with Gasteiger partial charge in [0.05, 0.1) is 12.2 Å². The van der Waals surface area contributed by atoms with E-state index in [2.05, 4.69) is 17.9 Å². The van der Waals surface area contributed by atoms with Crippen LogP contribution >= 0.6 is 11.6 Å². The van der Waals surface area contributed by atoms with Crippen molar-refractivity contribution in [3.05, 3.63) is 64.2 Å². The average Bonchev–Trinajstić information content (AvgIpc) is 2.71. The van der Waals surface area contributed by atoms with Crippen LogP contribution in [0.4, 0.5) is 4.53 Å². The smallest absolute Gasteiger partial charge is 0.171 e. The van der Waals surface area contributed by atoms with E-state index in [-0.39, 0.29) is 18.0 Å². The quantitative estimate of drug-likeness (QED) is 0.574. The van der Waals surface area contributed by atoms with Crippen LogP contribution in [-0.4, -0.2) is 12.3 Å². The molecule has 0 spiro atoms. The lowest BCUT2D eigenvalue weighted by Crippen LogP contribution is -2.28. The Morgan fingerprint density at radius 3 is 2.52 bits per heavy atom. The molecule has 0 saturated carbocycles. The molecule has 3 nitrogen and oxygen atoms in total. The van der Waals surface area contributed by atoms with Crippen LogP contribution in [0.25, 0.3) is 0 Å². The first-order valence-electron chi connectivity index (χ1n) is 9.41. The van der Waals surface area contributed by atoms with Gasteiger partial charge in [-0.2, -0.15) is 0 Å². The van der Waals surface area contributed by atoms with E-state index in [1.807, 2.05) is 38.1 Å². The fourth-order valence-electron chi connectivity index (χ4n) is 3.31. The zero-order valence-corrected chi connectivity index (χ0v) is 16.8. The summed E-state index contributed by atoms with van der Waals surface area (Å²) in [6.45, 7) is 6.19. The summed E-state index contributed by atoms with van der Waals surface area (Å²) in [4.78, 5) is 3.71. The number of hydrogen-bond donors (Lipinski definition) is 1. The average molecular weight is 392 g/mol. The van der Waals surface area contributed by atoms with Gasteiger partial charge in [-0.05, 0) is 60.1 Å². The normalized spacial score (nSPS) is 21.7. The van der Waals surface area contributed by atoms with Gasteiger partial charge in [-0.3, -0.25) is 4.94 Å². The minimum absolute atomic E-state index is 0.0197. The molecule has 2 aromatic rings. The molecule has 3 atom stereocenters. The van der Waals surface area contributed by atoms with Gasteiger partial charge < -0.3 is 10.1 Å². The van der Waals surface area contributed by atoms with Gasteiger partial charge in [0.25, 0.3) is 0 Å². The Balaban J connectivity index is 0.00000126. The second-order valence-corrected chi connectivity index (χ2v) is 7.06. The Hall–Kier alpha value is -1.91. The highest BCUT2D eigenvalue weighted by molar-refractivity contribution is 6.31. The molecule has 1 N–H and O–H groups in total. The first-order valence-corrected chi connectivity index (χ1v) is 9.78. The second-order valence-electron chi connectivity index (χ2n) is 6.66. The summed E-state index contributed by atoms with van der Waals surface area (Å²) < 4.78 is 18.2. The summed E-state index contributed by atoms with van der Waals surface area (Å²) in [6, 6.07) is 12.8. The molecule has 5 heteroatoms. The van der Waals surface area contributed by atoms with Gasteiger partial charge in [-0.25, -0.2) is 0 Å². The summed E-state index contributed by atoms with van der Waals surface area (Å²) >= 11 is 6.37. The van der Waals surface area contributed by atoms with Crippen molar-refractivity contribution in [3.63, 3.8) is 0 Å². The van der Waals surface area contributed by atoms with Gasteiger partial charge in [0, 0.05) is 15.8 Å². The van der Waals surface area contributed by atoms with E-state index in [0.29, 0.717) is 17.4 Å². The lowest BCUT2D eigenvalue weighted by atomic mass is 9.89. The number of nitrogens with one attached hydrogen (secondary N) is 1. The van der Waals surface area contributed by atoms with Crippen LogP contribution in [0.5, 0.6) is 5.75 Å². The molecule has 3 rings (SSSR count). The van der Waals surface area contributed by atoms with Crippen molar-refractivity contribution in [2.75, 3.05) is 0 Å². The predicted molar refractivity (Wildman–Crippen MR) is 109 cm³/mol. The van der Waals surface area contributed by atoms with E-state index < -0.39 is 0 Å². The SMILES string of the molecule is CC.CC1CC(C=N)OC(c2ccc(Cl)c(Cc3ccc(OF)cc3)c2)C1. The molecule has 146 valence electrons. The lowest BCUT2D eigenvalue weighted by molar-refractivity contribution is -0.0349. The fourth-order valence-corrected chi connectivity index (χ4v) is 3.50. The predicted octanol–water partition coefficient (Wildman–Crippen LogP) is 6.73. The summed E-state index contributed by atoms with van der Waals surface area (Å²) in [5.41, 5.74) is 3.11. The third kappa shape index (κ3) is 5.78. The van der Waals surface area contributed by atoms with Gasteiger partial charge in [0.15, 0.2) is 5.75 Å². The fraction of sp³-hybridized carbons (Fsp3) is 0.409. The van der Waals surface area contributed by atoms with E-state index >= 15 is 0 Å². The number of ether oxygens (including phenoxy) is 1. The lowest BCUT2D eigenvalue weighted by Gasteiger charge is -2.32. The third-order valence-corrected chi connectivity index (χ3v) is 4.99. The molecular weight excluding hydrogens is 365 g/mol. The van der Waals surface area contributed by atoms with Gasteiger partial charge in [0.1, 0.15) is 0 Å².